The number of nitrogens with zero attached hydrogens (tertiary/aromatic N) is 2. The molecular weight excluding hydrogens is 478 g/mol. The van der Waals surface area contributed by atoms with E-state index in [1.165, 1.54) is 6.42 Å². The molecule has 0 spiro atoms. The van der Waals surface area contributed by atoms with Crippen molar-refractivity contribution in [3.05, 3.63) is 70.1 Å². The number of amides is 1. The van der Waals surface area contributed by atoms with Crippen LogP contribution >= 0.6 is 0 Å². The summed E-state index contributed by atoms with van der Waals surface area (Å²) in [6.07, 6.45) is 7.82. The summed E-state index contributed by atoms with van der Waals surface area (Å²) in [6, 6.07) is 14.0. The maximum absolute atomic E-state index is 13.7. The van der Waals surface area contributed by atoms with E-state index in [1.807, 2.05) is 78.7 Å². The second-order valence-electron chi connectivity index (χ2n) is 10.00. The van der Waals surface area contributed by atoms with E-state index < -0.39 is 0 Å². The van der Waals surface area contributed by atoms with Crippen LogP contribution in [-0.2, 0) is 13.5 Å². The van der Waals surface area contributed by atoms with Crippen LogP contribution in [0.25, 0.3) is 21.8 Å². The molecule has 1 amide bonds. The highest BCUT2D eigenvalue weighted by molar-refractivity contribution is 6.17. The van der Waals surface area contributed by atoms with Crippen molar-refractivity contribution in [2.45, 2.75) is 58.4 Å². The summed E-state index contributed by atoms with van der Waals surface area (Å²) in [7, 11) is 1.92. The lowest BCUT2D eigenvalue weighted by Crippen LogP contribution is -2.31. The summed E-state index contributed by atoms with van der Waals surface area (Å²) in [5.41, 5.74) is 3.15. The van der Waals surface area contributed by atoms with E-state index in [0.717, 1.165) is 59.0 Å². The quantitative estimate of drug-likeness (QED) is 0.307. The Morgan fingerprint density at radius 1 is 1.00 bits per heavy atom. The zero-order valence-corrected chi connectivity index (χ0v) is 22.6. The van der Waals surface area contributed by atoms with E-state index in [2.05, 4.69) is 5.32 Å². The molecule has 7 nitrogen and oxygen atoms in total. The molecule has 200 valence electrons. The molecule has 4 aromatic rings. The summed E-state index contributed by atoms with van der Waals surface area (Å²) < 4.78 is 15.2. The Morgan fingerprint density at radius 3 is 2.50 bits per heavy atom. The number of para-hydroxylation sites is 1. The number of benzene rings is 2. The van der Waals surface area contributed by atoms with Gasteiger partial charge in [0.25, 0.3) is 11.5 Å². The van der Waals surface area contributed by atoms with Gasteiger partial charge in [-0.2, -0.15) is 0 Å². The minimum atomic E-state index is -0.160. The molecule has 2 aromatic heterocycles. The predicted molar refractivity (Wildman–Crippen MR) is 152 cm³/mol. The van der Waals surface area contributed by atoms with Crippen LogP contribution < -0.4 is 20.3 Å². The molecule has 1 saturated carbocycles. The minimum Gasteiger partial charge on any atom is -0.490 e. The third kappa shape index (κ3) is 4.89. The van der Waals surface area contributed by atoms with E-state index in [0.29, 0.717) is 37.3 Å². The van der Waals surface area contributed by atoms with Crippen LogP contribution in [0.5, 0.6) is 11.5 Å². The molecule has 1 aliphatic rings. The summed E-state index contributed by atoms with van der Waals surface area (Å²) in [6.45, 7) is 5.49. The maximum atomic E-state index is 13.7. The molecule has 38 heavy (non-hydrogen) atoms. The average Bonchev–Trinajstić information content (AvgIpc) is 3.24. The van der Waals surface area contributed by atoms with Gasteiger partial charge in [0, 0.05) is 42.1 Å². The zero-order valence-electron chi connectivity index (χ0n) is 22.6. The second-order valence-corrected chi connectivity index (χ2v) is 10.00. The van der Waals surface area contributed by atoms with Gasteiger partial charge in [-0.25, -0.2) is 0 Å². The van der Waals surface area contributed by atoms with Gasteiger partial charge in [-0.1, -0.05) is 43.5 Å². The fourth-order valence-corrected chi connectivity index (χ4v) is 5.77. The first-order chi connectivity index (χ1) is 18.5. The van der Waals surface area contributed by atoms with Gasteiger partial charge in [-0.05, 0) is 56.9 Å². The van der Waals surface area contributed by atoms with Gasteiger partial charge in [-0.15, -0.1) is 0 Å². The van der Waals surface area contributed by atoms with Crippen molar-refractivity contribution in [3.8, 4) is 11.5 Å². The van der Waals surface area contributed by atoms with Gasteiger partial charge < -0.3 is 23.9 Å². The van der Waals surface area contributed by atoms with Crippen molar-refractivity contribution in [1.82, 2.24) is 14.5 Å². The molecule has 0 unspecified atom stereocenters. The van der Waals surface area contributed by atoms with E-state index in [1.54, 1.807) is 0 Å². The highest BCUT2D eigenvalue weighted by Crippen LogP contribution is 2.33. The van der Waals surface area contributed by atoms with Crippen LogP contribution in [0.1, 0.15) is 67.9 Å². The van der Waals surface area contributed by atoms with E-state index >= 15 is 0 Å². The molecule has 0 bridgehead atoms. The third-order valence-electron chi connectivity index (χ3n) is 7.60. The molecule has 1 N–H and O–H groups in total. The second kappa shape index (κ2) is 11.3. The van der Waals surface area contributed by atoms with Crippen molar-refractivity contribution in [2.75, 3.05) is 19.8 Å². The van der Waals surface area contributed by atoms with Gasteiger partial charge >= 0.3 is 0 Å². The monoisotopic (exact) mass is 515 g/mol. The van der Waals surface area contributed by atoms with Crippen molar-refractivity contribution in [3.63, 3.8) is 0 Å². The number of pyridine rings is 1. The molecule has 2 aromatic carbocycles. The van der Waals surface area contributed by atoms with Crippen molar-refractivity contribution >= 4 is 27.7 Å². The van der Waals surface area contributed by atoms with E-state index in [4.69, 9.17) is 9.47 Å². The summed E-state index contributed by atoms with van der Waals surface area (Å²) in [5.74, 6) is 1.28. The van der Waals surface area contributed by atoms with Crippen LogP contribution in [0.3, 0.4) is 0 Å². The summed E-state index contributed by atoms with van der Waals surface area (Å²) in [5, 5.41) is 4.78. The van der Waals surface area contributed by atoms with Gasteiger partial charge in [0.15, 0.2) is 11.5 Å². The number of carbonyl (C=O) groups is 1. The van der Waals surface area contributed by atoms with E-state index in [-0.39, 0.29) is 17.5 Å². The zero-order chi connectivity index (χ0) is 26.6. The minimum absolute atomic E-state index is 0.0139. The lowest BCUT2D eigenvalue weighted by Gasteiger charge is -2.25. The molecule has 1 aliphatic carbocycles. The molecule has 0 atom stereocenters. The highest BCUT2D eigenvalue weighted by atomic mass is 16.5. The van der Waals surface area contributed by atoms with Crippen LogP contribution in [0.15, 0.2) is 53.5 Å². The first-order valence-electron chi connectivity index (χ1n) is 13.8. The van der Waals surface area contributed by atoms with E-state index in [9.17, 15) is 9.59 Å². The lowest BCUT2D eigenvalue weighted by atomic mass is 9.95. The Morgan fingerprint density at radius 2 is 1.74 bits per heavy atom. The van der Waals surface area contributed by atoms with Crippen LogP contribution in [-0.4, -0.2) is 34.8 Å². The Hall–Kier alpha value is -3.74. The summed E-state index contributed by atoms with van der Waals surface area (Å²) >= 11 is 0. The number of ether oxygens (including phenoxy) is 2. The molecule has 0 aliphatic heterocycles. The first kappa shape index (κ1) is 25.9. The highest BCUT2D eigenvalue weighted by Gasteiger charge is 2.24. The molecule has 2 heterocycles. The summed E-state index contributed by atoms with van der Waals surface area (Å²) in [4.78, 5) is 27.4. The van der Waals surface area contributed by atoms with Gasteiger partial charge in [0.2, 0.25) is 0 Å². The third-order valence-corrected chi connectivity index (χ3v) is 7.60. The number of aromatic nitrogens is 2. The Balaban J connectivity index is 1.46. The van der Waals surface area contributed by atoms with Gasteiger partial charge in [0.1, 0.15) is 5.52 Å². The van der Waals surface area contributed by atoms with Gasteiger partial charge in [0.05, 0.1) is 18.8 Å². The van der Waals surface area contributed by atoms with Crippen molar-refractivity contribution in [2.24, 2.45) is 7.05 Å². The molecule has 5 rings (SSSR count). The standard InChI is InChI=1S/C31H37N3O4/c1-4-37-26-16-15-21(19-27(26)38-5-2)17-18-32-30(35)24-20-34(22-11-7-6-8-12-22)31(36)29-28(24)23-13-9-10-14-25(23)33(29)3/h9-10,13-16,19-20,22H,4-8,11-12,17-18H2,1-3H3,(H,32,35). The normalized spacial score (nSPS) is 14.2. The van der Waals surface area contributed by atoms with Crippen LogP contribution in [0.2, 0.25) is 0 Å². The largest absolute Gasteiger partial charge is 0.490 e. The number of hydrogen-bond donors (Lipinski definition) is 1. The van der Waals surface area contributed by atoms with Crippen molar-refractivity contribution in [1.29, 1.82) is 0 Å². The smallest absolute Gasteiger partial charge is 0.275 e. The molecule has 1 fully saturated rings. The Bertz CT molecular complexity index is 1510. The molecular formula is C31H37N3O4. The lowest BCUT2D eigenvalue weighted by molar-refractivity contribution is 0.0954. The fourth-order valence-electron chi connectivity index (χ4n) is 5.77. The topological polar surface area (TPSA) is 74.5 Å². The number of aryl methyl sites for hydroxylation is 1. The number of hydrogen-bond acceptors (Lipinski definition) is 4. The van der Waals surface area contributed by atoms with Crippen LogP contribution in [0, 0.1) is 0 Å². The number of rotatable bonds is 9. The maximum Gasteiger partial charge on any atom is 0.275 e. The predicted octanol–water partition coefficient (Wildman–Crippen LogP) is 5.77. The Labute approximate surface area is 223 Å². The Kier molecular flexibility index (Phi) is 7.72. The first-order valence-corrected chi connectivity index (χ1v) is 13.8. The molecule has 0 saturated heterocycles. The molecule has 0 radical (unpaired) electrons. The average molecular weight is 516 g/mol. The van der Waals surface area contributed by atoms with Crippen LogP contribution in [0.4, 0.5) is 0 Å². The SMILES string of the molecule is CCOc1ccc(CCNC(=O)c2cn(C3CCCCC3)c(=O)c3c2c2ccccc2n3C)cc1OCC. The van der Waals surface area contributed by atoms with Crippen molar-refractivity contribution < 1.29 is 14.3 Å². The number of nitrogens with one attached hydrogen (secondary N) is 1. The number of carbonyl (C=O) groups excluding carboxylic acids is 1. The molecule has 7 heteroatoms. The number of fused-ring (bicyclic) bond motifs is 3. The van der Waals surface area contributed by atoms with Gasteiger partial charge in [-0.3, -0.25) is 9.59 Å². The fraction of sp³-hybridized carbons (Fsp3) is 0.419.